The minimum absolute atomic E-state index is 0.123. The highest BCUT2D eigenvalue weighted by Gasteiger charge is 2.07. The lowest BCUT2D eigenvalue weighted by Crippen LogP contribution is -2.22. The summed E-state index contributed by atoms with van der Waals surface area (Å²) in [5.41, 5.74) is 1.23. The Labute approximate surface area is 105 Å². The van der Waals surface area contributed by atoms with E-state index in [4.69, 9.17) is 11.6 Å². The molecule has 1 rings (SSSR count). The molecule has 0 unspecified atom stereocenters. The third-order valence-corrected chi connectivity index (χ3v) is 2.85. The first kappa shape index (κ1) is 14.0. The van der Waals surface area contributed by atoms with E-state index in [0.29, 0.717) is 11.3 Å². The second-order valence-electron chi connectivity index (χ2n) is 3.43. The highest BCUT2D eigenvalue weighted by molar-refractivity contribution is 7.88. The molecule has 0 fully saturated rings. The predicted octanol–water partition coefficient (Wildman–Crippen LogP) is 0.913. The fourth-order valence-electron chi connectivity index (χ4n) is 1.19. The number of nitrogens with one attached hydrogen (secondary N) is 2. The van der Waals surface area contributed by atoms with Crippen molar-refractivity contribution in [3.05, 3.63) is 29.8 Å². The number of alkyl halides is 1. The first-order chi connectivity index (χ1) is 7.92. The summed E-state index contributed by atoms with van der Waals surface area (Å²) in [5, 5.41) is 2.59. The Bertz CT molecular complexity index is 502. The van der Waals surface area contributed by atoms with E-state index in [2.05, 4.69) is 10.0 Å². The van der Waals surface area contributed by atoms with Crippen LogP contribution in [0.2, 0.25) is 0 Å². The van der Waals surface area contributed by atoms with Gasteiger partial charge in [0.2, 0.25) is 15.9 Å². The van der Waals surface area contributed by atoms with E-state index in [-0.39, 0.29) is 18.3 Å². The number of para-hydroxylation sites is 1. The number of hydrogen-bond acceptors (Lipinski definition) is 3. The van der Waals surface area contributed by atoms with E-state index in [1.165, 1.54) is 0 Å². The van der Waals surface area contributed by atoms with Crippen LogP contribution in [0.4, 0.5) is 5.69 Å². The predicted molar refractivity (Wildman–Crippen MR) is 67.5 cm³/mol. The Morgan fingerprint density at radius 1 is 1.35 bits per heavy atom. The summed E-state index contributed by atoms with van der Waals surface area (Å²) in [6.07, 6.45) is 1.08. The van der Waals surface area contributed by atoms with Gasteiger partial charge in [-0.25, -0.2) is 13.1 Å². The van der Waals surface area contributed by atoms with Crippen molar-refractivity contribution in [1.82, 2.24) is 4.72 Å². The molecule has 17 heavy (non-hydrogen) atoms. The third kappa shape index (κ3) is 5.16. The molecule has 0 spiro atoms. The summed E-state index contributed by atoms with van der Waals surface area (Å²) in [6, 6.07) is 6.91. The molecular formula is C10H13ClN2O3S. The van der Waals surface area contributed by atoms with Crippen LogP contribution >= 0.6 is 11.6 Å². The van der Waals surface area contributed by atoms with Gasteiger partial charge in [-0.1, -0.05) is 18.2 Å². The number of halogens is 1. The van der Waals surface area contributed by atoms with Gasteiger partial charge in [0, 0.05) is 12.2 Å². The van der Waals surface area contributed by atoms with Gasteiger partial charge in [0.25, 0.3) is 0 Å². The quantitative estimate of drug-likeness (QED) is 0.785. The SMILES string of the molecule is CS(=O)(=O)NCc1ccccc1NC(=O)CCl. The summed E-state index contributed by atoms with van der Waals surface area (Å²) < 4.78 is 24.3. The number of benzene rings is 1. The number of sulfonamides is 1. The van der Waals surface area contributed by atoms with Gasteiger partial charge < -0.3 is 5.32 Å². The van der Waals surface area contributed by atoms with Crippen molar-refractivity contribution >= 4 is 33.2 Å². The molecule has 0 radical (unpaired) electrons. The normalized spacial score (nSPS) is 11.2. The van der Waals surface area contributed by atoms with Crippen LogP contribution in [0.25, 0.3) is 0 Å². The Balaban J connectivity index is 2.81. The van der Waals surface area contributed by atoms with Gasteiger partial charge >= 0.3 is 0 Å². The molecule has 0 aliphatic carbocycles. The first-order valence-corrected chi connectivity index (χ1v) is 7.23. The lowest BCUT2D eigenvalue weighted by Gasteiger charge is -2.10. The molecule has 0 aliphatic heterocycles. The third-order valence-electron chi connectivity index (χ3n) is 1.94. The van der Waals surface area contributed by atoms with Crippen molar-refractivity contribution in [2.24, 2.45) is 0 Å². The van der Waals surface area contributed by atoms with Gasteiger partial charge in [-0.15, -0.1) is 11.6 Å². The topological polar surface area (TPSA) is 75.3 Å². The van der Waals surface area contributed by atoms with E-state index in [1.54, 1.807) is 24.3 Å². The van der Waals surface area contributed by atoms with Crippen molar-refractivity contribution in [2.45, 2.75) is 6.54 Å². The second kappa shape index (κ2) is 6.00. The van der Waals surface area contributed by atoms with Crippen molar-refractivity contribution in [1.29, 1.82) is 0 Å². The van der Waals surface area contributed by atoms with Crippen LogP contribution in [0.5, 0.6) is 0 Å². The first-order valence-electron chi connectivity index (χ1n) is 4.81. The number of amides is 1. The molecule has 1 aromatic carbocycles. The van der Waals surface area contributed by atoms with E-state index >= 15 is 0 Å². The van der Waals surface area contributed by atoms with Crippen molar-refractivity contribution in [3.63, 3.8) is 0 Å². The summed E-state index contributed by atoms with van der Waals surface area (Å²) in [7, 11) is -3.26. The lowest BCUT2D eigenvalue weighted by molar-refractivity contribution is -0.113. The molecule has 0 saturated heterocycles. The molecule has 1 amide bonds. The number of rotatable bonds is 5. The molecule has 0 saturated carbocycles. The van der Waals surface area contributed by atoms with E-state index in [1.807, 2.05) is 0 Å². The zero-order chi connectivity index (χ0) is 12.9. The molecule has 2 N–H and O–H groups in total. The van der Waals surface area contributed by atoms with E-state index in [9.17, 15) is 13.2 Å². The molecule has 0 atom stereocenters. The van der Waals surface area contributed by atoms with Gasteiger partial charge in [0.15, 0.2) is 0 Å². The van der Waals surface area contributed by atoms with Crippen LogP contribution in [0, 0.1) is 0 Å². The van der Waals surface area contributed by atoms with E-state index in [0.717, 1.165) is 6.26 Å². The minimum Gasteiger partial charge on any atom is -0.325 e. The summed E-state index contributed by atoms with van der Waals surface area (Å²) in [4.78, 5) is 11.2. The highest BCUT2D eigenvalue weighted by atomic mass is 35.5. The van der Waals surface area contributed by atoms with Crippen LogP contribution in [0.15, 0.2) is 24.3 Å². The fraction of sp³-hybridized carbons (Fsp3) is 0.300. The molecular weight excluding hydrogens is 264 g/mol. The molecule has 94 valence electrons. The zero-order valence-electron chi connectivity index (χ0n) is 9.23. The van der Waals surface area contributed by atoms with Gasteiger partial charge in [-0.05, 0) is 11.6 Å². The van der Waals surface area contributed by atoms with Crippen molar-refractivity contribution < 1.29 is 13.2 Å². The maximum absolute atomic E-state index is 11.2. The molecule has 5 nitrogen and oxygen atoms in total. The lowest BCUT2D eigenvalue weighted by atomic mass is 10.2. The van der Waals surface area contributed by atoms with E-state index < -0.39 is 10.0 Å². The standard InChI is InChI=1S/C10H13ClN2O3S/c1-17(15,16)12-7-8-4-2-3-5-9(8)13-10(14)6-11/h2-5,12H,6-7H2,1H3,(H,13,14). The summed E-state index contributed by atoms with van der Waals surface area (Å²) in [5.74, 6) is -0.480. The number of carbonyl (C=O) groups is 1. The maximum atomic E-state index is 11.2. The fourth-order valence-corrected chi connectivity index (χ4v) is 1.67. The average Bonchev–Trinajstić information content (AvgIpc) is 2.26. The monoisotopic (exact) mass is 276 g/mol. The van der Waals surface area contributed by atoms with Crippen LogP contribution in [-0.4, -0.2) is 26.5 Å². The Kier molecular flexibility index (Phi) is 4.92. The Morgan fingerprint density at radius 3 is 2.59 bits per heavy atom. The van der Waals surface area contributed by atoms with Crippen molar-refractivity contribution in [3.8, 4) is 0 Å². The van der Waals surface area contributed by atoms with Gasteiger partial charge in [0.05, 0.1) is 6.26 Å². The minimum atomic E-state index is -3.26. The molecule has 0 aromatic heterocycles. The Morgan fingerprint density at radius 2 is 2.00 bits per heavy atom. The molecule has 1 aromatic rings. The second-order valence-corrected chi connectivity index (χ2v) is 5.53. The smallest absolute Gasteiger partial charge is 0.239 e. The molecule has 7 heteroatoms. The van der Waals surface area contributed by atoms with Gasteiger partial charge in [-0.2, -0.15) is 0 Å². The summed E-state index contributed by atoms with van der Waals surface area (Å²) in [6.45, 7) is 0.123. The van der Waals surface area contributed by atoms with Gasteiger partial charge in [0.1, 0.15) is 5.88 Å². The average molecular weight is 277 g/mol. The van der Waals surface area contributed by atoms with Crippen LogP contribution < -0.4 is 10.0 Å². The molecule has 0 aliphatic rings. The number of carbonyl (C=O) groups excluding carboxylic acids is 1. The van der Waals surface area contributed by atoms with Crippen LogP contribution in [0.3, 0.4) is 0 Å². The number of anilines is 1. The van der Waals surface area contributed by atoms with Crippen LogP contribution in [0.1, 0.15) is 5.56 Å². The van der Waals surface area contributed by atoms with Gasteiger partial charge in [-0.3, -0.25) is 4.79 Å². The van der Waals surface area contributed by atoms with Crippen molar-refractivity contribution in [2.75, 3.05) is 17.5 Å². The largest absolute Gasteiger partial charge is 0.325 e. The summed E-state index contributed by atoms with van der Waals surface area (Å²) >= 11 is 5.38. The highest BCUT2D eigenvalue weighted by Crippen LogP contribution is 2.14. The zero-order valence-corrected chi connectivity index (χ0v) is 10.8. The van der Waals surface area contributed by atoms with Crippen LogP contribution in [-0.2, 0) is 21.4 Å². The number of hydrogen-bond donors (Lipinski definition) is 2. The maximum Gasteiger partial charge on any atom is 0.239 e. The molecule has 0 heterocycles. The molecule has 0 bridgehead atoms. The Hall–Kier alpha value is -1.11.